The predicted molar refractivity (Wildman–Crippen MR) is 56.5 cm³/mol. The third-order valence-corrected chi connectivity index (χ3v) is 1.55. The van der Waals surface area contributed by atoms with Gasteiger partial charge in [0.1, 0.15) is 5.75 Å². The molecule has 1 aromatic rings. The van der Waals surface area contributed by atoms with Crippen LogP contribution in [0, 0.1) is 0 Å². The van der Waals surface area contributed by atoms with Crippen LogP contribution in [0.4, 0.5) is 5.69 Å². The number of aliphatic carboxylic acids is 1. The Morgan fingerprint density at radius 1 is 1.53 bits per heavy atom. The molecule has 0 spiro atoms. The number of carboxylic acids is 1. The monoisotopic (exact) mass is 203 g/mol. The van der Waals surface area contributed by atoms with Crippen molar-refractivity contribution in [3.8, 4) is 5.75 Å². The summed E-state index contributed by atoms with van der Waals surface area (Å²) in [4.78, 5) is 20.6. The van der Waals surface area contributed by atoms with Crippen molar-refractivity contribution in [2.75, 3.05) is 12.3 Å². The van der Waals surface area contributed by atoms with Gasteiger partial charge in [0.2, 0.25) is 0 Å². The number of carbonyl (C=O) groups is 2. The molecular formula is C9H10LiNO4. The van der Waals surface area contributed by atoms with Crippen LogP contribution in [-0.4, -0.2) is 42.8 Å². The summed E-state index contributed by atoms with van der Waals surface area (Å²) in [5.74, 6) is -0.737. The van der Waals surface area contributed by atoms with Crippen LogP contribution in [0.1, 0.15) is 10.4 Å². The van der Waals surface area contributed by atoms with Gasteiger partial charge in [-0.3, -0.25) is 4.79 Å². The molecule has 1 rings (SSSR count). The summed E-state index contributed by atoms with van der Waals surface area (Å²) in [5, 5.41) is 8.33. The van der Waals surface area contributed by atoms with Crippen molar-refractivity contribution >= 4 is 36.8 Å². The second-order valence-corrected chi connectivity index (χ2v) is 2.59. The molecular weight excluding hydrogens is 193 g/mol. The number of carboxylic acid groups (broad SMARTS) is 1. The Labute approximate surface area is 98.4 Å². The van der Waals surface area contributed by atoms with Gasteiger partial charge < -0.3 is 15.6 Å². The van der Waals surface area contributed by atoms with E-state index in [1.165, 1.54) is 18.2 Å². The fourth-order valence-electron chi connectivity index (χ4n) is 0.895. The van der Waals surface area contributed by atoms with Crippen molar-refractivity contribution in [1.82, 2.24) is 0 Å². The van der Waals surface area contributed by atoms with Crippen LogP contribution in [0.5, 0.6) is 5.75 Å². The average molecular weight is 203 g/mol. The van der Waals surface area contributed by atoms with Crippen LogP contribution in [0.15, 0.2) is 18.2 Å². The van der Waals surface area contributed by atoms with Gasteiger partial charge in [-0.15, -0.1) is 0 Å². The maximum absolute atomic E-state index is 10.4. The summed E-state index contributed by atoms with van der Waals surface area (Å²) in [6, 6.07) is 4.37. The number of anilines is 1. The first-order valence-corrected chi connectivity index (χ1v) is 3.83. The molecule has 0 aliphatic rings. The Bertz CT molecular complexity index is 367. The summed E-state index contributed by atoms with van der Waals surface area (Å²) < 4.78 is 4.85. The summed E-state index contributed by atoms with van der Waals surface area (Å²) in [5.41, 5.74) is 6.10. The molecule has 0 amide bonds. The molecule has 0 radical (unpaired) electrons. The van der Waals surface area contributed by atoms with E-state index < -0.39 is 12.6 Å². The molecule has 1 aromatic carbocycles. The van der Waals surface area contributed by atoms with Crippen molar-refractivity contribution in [3.05, 3.63) is 23.8 Å². The van der Waals surface area contributed by atoms with E-state index in [9.17, 15) is 9.59 Å². The third-order valence-electron chi connectivity index (χ3n) is 1.55. The maximum atomic E-state index is 10.4. The standard InChI is InChI=1S/C9H9NO4.Li.H/c10-8-3-7(14-5-9(12)13)2-1-6(8)4-11;;/h1-4H,5,10H2,(H,12,13);;. The Balaban J connectivity index is 0.00000196. The first kappa shape index (κ1) is 13.6. The third kappa shape index (κ3) is 4.06. The number of benzene rings is 1. The molecule has 0 aliphatic carbocycles. The van der Waals surface area contributed by atoms with Crippen LogP contribution in [0.3, 0.4) is 0 Å². The van der Waals surface area contributed by atoms with Gasteiger partial charge in [0.05, 0.1) is 0 Å². The molecule has 0 heterocycles. The number of hydrogen-bond acceptors (Lipinski definition) is 4. The molecule has 15 heavy (non-hydrogen) atoms. The number of hydrogen-bond donors (Lipinski definition) is 2. The van der Waals surface area contributed by atoms with E-state index in [0.717, 1.165) is 0 Å². The van der Waals surface area contributed by atoms with Gasteiger partial charge in [-0.25, -0.2) is 4.79 Å². The Morgan fingerprint density at radius 3 is 2.67 bits per heavy atom. The topological polar surface area (TPSA) is 89.6 Å². The van der Waals surface area contributed by atoms with Gasteiger partial charge in [0, 0.05) is 17.3 Å². The van der Waals surface area contributed by atoms with Gasteiger partial charge in [0.15, 0.2) is 12.9 Å². The van der Waals surface area contributed by atoms with Crippen LogP contribution in [0.2, 0.25) is 0 Å². The zero-order valence-corrected chi connectivity index (χ0v) is 7.27. The van der Waals surface area contributed by atoms with Gasteiger partial charge >= 0.3 is 24.8 Å². The Kier molecular flexibility index (Phi) is 5.53. The van der Waals surface area contributed by atoms with Crippen LogP contribution >= 0.6 is 0 Å². The molecule has 0 fully saturated rings. The fourth-order valence-corrected chi connectivity index (χ4v) is 0.895. The predicted octanol–water partition coefficient (Wildman–Crippen LogP) is -0.104. The van der Waals surface area contributed by atoms with Gasteiger partial charge in [-0.05, 0) is 12.1 Å². The molecule has 0 atom stereocenters. The molecule has 5 nitrogen and oxygen atoms in total. The van der Waals surface area contributed by atoms with E-state index in [-0.39, 0.29) is 24.5 Å². The normalized spacial score (nSPS) is 8.80. The van der Waals surface area contributed by atoms with Crippen LogP contribution in [0.25, 0.3) is 0 Å². The number of rotatable bonds is 4. The summed E-state index contributed by atoms with van der Waals surface area (Å²) >= 11 is 0. The van der Waals surface area contributed by atoms with E-state index in [1.807, 2.05) is 0 Å². The summed E-state index contributed by atoms with van der Waals surface area (Å²) in [6.07, 6.45) is 0.621. The molecule has 0 bridgehead atoms. The molecule has 0 aromatic heterocycles. The zero-order chi connectivity index (χ0) is 10.6. The van der Waals surface area contributed by atoms with Crippen molar-refractivity contribution in [1.29, 1.82) is 0 Å². The Hall–Kier alpha value is -1.44. The minimum absolute atomic E-state index is 0. The number of ether oxygens (including phenoxy) is 1. The second kappa shape index (κ2) is 6.12. The number of nitrogens with two attached hydrogens (primary N) is 1. The zero-order valence-electron chi connectivity index (χ0n) is 7.27. The molecule has 3 N–H and O–H groups in total. The summed E-state index contributed by atoms with van der Waals surface area (Å²) in [6.45, 7) is -0.431. The molecule has 6 heteroatoms. The second-order valence-electron chi connectivity index (χ2n) is 2.59. The van der Waals surface area contributed by atoms with E-state index in [1.54, 1.807) is 0 Å². The number of aldehydes is 1. The first-order valence-electron chi connectivity index (χ1n) is 3.83. The first-order chi connectivity index (χ1) is 6.63. The van der Waals surface area contributed by atoms with Crippen LogP contribution < -0.4 is 10.5 Å². The van der Waals surface area contributed by atoms with Gasteiger partial charge in [-0.2, -0.15) is 0 Å². The minimum atomic E-state index is -1.07. The Morgan fingerprint density at radius 2 is 2.20 bits per heavy atom. The van der Waals surface area contributed by atoms with Crippen molar-refractivity contribution < 1.29 is 19.4 Å². The SMILES string of the molecule is Nc1cc(OCC(=O)O)ccc1C=O.[LiH]. The number of carbonyl (C=O) groups excluding carboxylic acids is 1. The molecule has 0 saturated heterocycles. The summed E-state index contributed by atoms with van der Waals surface area (Å²) in [7, 11) is 0. The van der Waals surface area contributed by atoms with Crippen molar-refractivity contribution in [2.24, 2.45) is 0 Å². The van der Waals surface area contributed by atoms with E-state index in [2.05, 4.69) is 0 Å². The quantitative estimate of drug-likeness (QED) is 0.405. The fraction of sp³-hybridized carbons (Fsp3) is 0.111. The van der Waals surface area contributed by atoms with Crippen LogP contribution in [-0.2, 0) is 4.79 Å². The van der Waals surface area contributed by atoms with Crippen molar-refractivity contribution in [3.63, 3.8) is 0 Å². The molecule has 0 aliphatic heterocycles. The van der Waals surface area contributed by atoms with E-state index >= 15 is 0 Å². The molecule has 76 valence electrons. The van der Waals surface area contributed by atoms with E-state index in [4.69, 9.17) is 15.6 Å². The average Bonchev–Trinajstić information content (AvgIpc) is 2.15. The molecule has 0 unspecified atom stereocenters. The number of nitrogen functional groups attached to an aromatic ring is 1. The van der Waals surface area contributed by atoms with Crippen molar-refractivity contribution in [2.45, 2.75) is 0 Å². The van der Waals surface area contributed by atoms with E-state index in [0.29, 0.717) is 17.6 Å². The molecule has 0 saturated carbocycles. The van der Waals surface area contributed by atoms with Gasteiger partial charge in [-0.1, -0.05) is 0 Å². The van der Waals surface area contributed by atoms with Gasteiger partial charge in [0.25, 0.3) is 0 Å².